The van der Waals surface area contributed by atoms with Crippen LogP contribution < -0.4 is 0 Å². The van der Waals surface area contributed by atoms with Gasteiger partial charge >= 0.3 is 18.3 Å². The molecule has 35 heavy (non-hydrogen) atoms. The largest absolute Gasteiger partial charge is 0.466 e. The quantitative estimate of drug-likeness (QED) is 0.278. The number of halogens is 6. The fraction of sp³-hybridized carbons (Fsp3) is 0.500. The Labute approximate surface area is 200 Å². The van der Waals surface area contributed by atoms with Gasteiger partial charge in [0.15, 0.2) is 0 Å². The molecular weight excluding hydrogens is 474 g/mol. The Morgan fingerprint density at radius 3 is 2.06 bits per heavy atom. The molecule has 1 N–H and O–H groups in total. The van der Waals surface area contributed by atoms with Crippen molar-refractivity contribution in [1.29, 1.82) is 0 Å². The van der Waals surface area contributed by atoms with Crippen LogP contribution in [-0.4, -0.2) is 30.0 Å². The lowest BCUT2D eigenvalue weighted by Gasteiger charge is -2.39. The van der Waals surface area contributed by atoms with Crippen LogP contribution in [0.2, 0.25) is 0 Å². The summed E-state index contributed by atoms with van der Waals surface area (Å²) >= 11 is 0. The molecule has 2 aromatic carbocycles. The lowest BCUT2D eigenvalue weighted by atomic mass is 9.65. The van der Waals surface area contributed by atoms with Crippen molar-refractivity contribution in [3.8, 4) is 0 Å². The number of hydrogen-bond donors (Lipinski definition) is 1. The average Bonchev–Trinajstić information content (AvgIpc) is 2.98. The van der Waals surface area contributed by atoms with Gasteiger partial charge in [-0.05, 0) is 43.2 Å². The molecule has 1 saturated carbocycles. The van der Waals surface area contributed by atoms with Crippen LogP contribution in [0.5, 0.6) is 0 Å². The van der Waals surface area contributed by atoms with Gasteiger partial charge in [-0.1, -0.05) is 67.9 Å². The Hall–Kier alpha value is -2.55. The van der Waals surface area contributed by atoms with E-state index in [1.54, 1.807) is 6.92 Å². The SMILES string of the molecule is CCOC(=O)C1CCC[C@@H](c2ccc(C(O)(C(F)(F)F)C(F)(F)F)cc2)[C@@](C)(c2ccccc2)C1. The summed E-state index contributed by atoms with van der Waals surface area (Å²) in [6.45, 7) is 3.92. The van der Waals surface area contributed by atoms with E-state index >= 15 is 0 Å². The van der Waals surface area contributed by atoms with Gasteiger partial charge < -0.3 is 9.84 Å². The van der Waals surface area contributed by atoms with E-state index in [4.69, 9.17) is 4.74 Å². The topological polar surface area (TPSA) is 46.5 Å². The lowest BCUT2D eigenvalue weighted by Crippen LogP contribution is -2.53. The fourth-order valence-electron chi connectivity index (χ4n) is 5.22. The highest BCUT2D eigenvalue weighted by Crippen LogP contribution is 2.52. The van der Waals surface area contributed by atoms with Gasteiger partial charge in [-0.2, -0.15) is 26.3 Å². The van der Waals surface area contributed by atoms with Crippen molar-refractivity contribution in [2.45, 2.75) is 68.8 Å². The number of rotatable bonds is 5. The molecule has 192 valence electrons. The van der Waals surface area contributed by atoms with Crippen LogP contribution in [0.4, 0.5) is 26.3 Å². The number of hydrogen-bond acceptors (Lipinski definition) is 3. The molecule has 0 amide bonds. The molecule has 1 fully saturated rings. The molecule has 0 heterocycles. The predicted octanol–water partition coefficient (Wildman–Crippen LogP) is 6.79. The molecule has 0 bridgehead atoms. The molecule has 1 unspecified atom stereocenters. The van der Waals surface area contributed by atoms with E-state index in [0.29, 0.717) is 43.4 Å². The second-order valence-corrected chi connectivity index (χ2v) is 9.25. The molecule has 0 spiro atoms. The summed E-state index contributed by atoms with van der Waals surface area (Å²) < 4.78 is 85.1. The van der Waals surface area contributed by atoms with Crippen LogP contribution >= 0.6 is 0 Å². The summed E-state index contributed by atoms with van der Waals surface area (Å²) in [6.07, 6.45) is -9.70. The molecule has 2 aromatic rings. The van der Waals surface area contributed by atoms with Gasteiger partial charge in [-0.25, -0.2) is 0 Å². The maximum atomic E-state index is 13.3. The number of benzene rings is 2. The average molecular weight is 502 g/mol. The van der Waals surface area contributed by atoms with Gasteiger partial charge in [-0.3, -0.25) is 4.79 Å². The van der Waals surface area contributed by atoms with Gasteiger partial charge in [0.1, 0.15) is 0 Å². The van der Waals surface area contributed by atoms with Crippen molar-refractivity contribution < 1.29 is 41.0 Å². The fourth-order valence-corrected chi connectivity index (χ4v) is 5.22. The molecule has 0 radical (unpaired) electrons. The van der Waals surface area contributed by atoms with Crippen LogP contribution in [-0.2, 0) is 20.5 Å². The third-order valence-electron chi connectivity index (χ3n) is 7.09. The maximum Gasteiger partial charge on any atom is 0.430 e. The zero-order valence-corrected chi connectivity index (χ0v) is 19.4. The monoisotopic (exact) mass is 502 g/mol. The van der Waals surface area contributed by atoms with E-state index in [1.165, 1.54) is 12.1 Å². The first-order chi connectivity index (χ1) is 16.3. The Kier molecular flexibility index (Phi) is 7.60. The van der Waals surface area contributed by atoms with E-state index in [1.807, 2.05) is 37.3 Å². The van der Waals surface area contributed by atoms with Crippen molar-refractivity contribution in [3.63, 3.8) is 0 Å². The van der Waals surface area contributed by atoms with Crippen LogP contribution in [0.1, 0.15) is 62.1 Å². The van der Waals surface area contributed by atoms with E-state index < -0.39 is 28.9 Å². The number of alkyl halides is 6. The van der Waals surface area contributed by atoms with Crippen molar-refractivity contribution >= 4 is 5.97 Å². The van der Waals surface area contributed by atoms with Crippen LogP contribution in [0.25, 0.3) is 0 Å². The highest BCUT2D eigenvalue weighted by molar-refractivity contribution is 5.72. The van der Waals surface area contributed by atoms with E-state index in [0.717, 1.165) is 5.56 Å². The number of carbonyl (C=O) groups is 1. The normalized spacial score (nSPS) is 24.0. The van der Waals surface area contributed by atoms with Crippen molar-refractivity contribution in [1.82, 2.24) is 0 Å². The first kappa shape index (κ1) is 27.0. The van der Waals surface area contributed by atoms with E-state index in [-0.39, 0.29) is 24.4 Å². The van der Waals surface area contributed by atoms with Gasteiger partial charge in [0.05, 0.1) is 12.5 Å². The van der Waals surface area contributed by atoms with Crippen molar-refractivity contribution in [2.24, 2.45) is 5.92 Å². The number of carbonyl (C=O) groups excluding carboxylic acids is 1. The van der Waals surface area contributed by atoms with Gasteiger partial charge in [0.2, 0.25) is 0 Å². The molecule has 3 atom stereocenters. The zero-order valence-electron chi connectivity index (χ0n) is 19.4. The Morgan fingerprint density at radius 2 is 1.54 bits per heavy atom. The van der Waals surface area contributed by atoms with E-state index in [2.05, 4.69) is 0 Å². The molecule has 9 heteroatoms. The molecule has 0 saturated heterocycles. The summed E-state index contributed by atoms with van der Waals surface area (Å²) in [4.78, 5) is 12.6. The first-order valence-corrected chi connectivity index (χ1v) is 11.4. The highest BCUT2D eigenvalue weighted by atomic mass is 19.4. The van der Waals surface area contributed by atoms with Crippen molar-refractivity contribution in [2.75, 3.05) is 6.61 Å². The smallest absolute Gasteiger partial charge is 0.430 e. The van der Waals surface area contributed by atoms with Crippen LogP contribution in [0.3, 0.4) is 0 Å². The Morgan fingerprint density at radius 1 is 0.971 bits per heavy atom. The summed E-state index contributed by atoms with van der Waals surface area (Å²) in [7, 11) is 0. The minimum absolute atomic E-state index is 0.240. The van der Waals surface area contributed by atoms with E-state index in [9.17, 15) is 36.2 Å². The van der Waals surface area contributed by atoms with Crippen LogP contribution in [0.15, 0.2) is 54.6 Å². The summed E-state index contributed by atoms with van der Waals surface area (Å²) in [5, 5.41) is 9.73. The van der Waals surface area contributed by atoms with Gasteiger partial charge in [-0.15, -0.1) is 0 Å². The second kappa shape index (κ2) is 9.84. The Balaban J connectivity index is 2.06. The first-order valence-electron chi connectivity index (χ1n) is 11.4. The number of esters is 1. The summed E-state index contributed by atoms with van der Waals surface area (Å²) in [5.41, 5.74) is -5.45. The Bertz CT molecular complexity index is 986. The third-order valence-corrected chi connectivity index (χ3v) is 7.09. The highest BCUT2D eigenvalue weighted by Gasteiger charge is 2.71. The second-order valence-electron chi connectivity index (χ2n) is 9.25. The molecule has 1 aliphatic rings. The number of ether oxygens (including phenoxy) is 1. The van der Waals surface area contributed by atoms with Crippen LogP contribution in [0, 0.1) is 5.92 Å². The van der Waals surface area contributed by atoms with Gasteiger partial charge in [0, 0.05) is 11.0 Å². The third kappa shape index (κ3) is 5.06. The summed E-state index contributed by atoms with van der Waals surface area (Å²) in [6, 6.07) is 13.1. The molecule has 3 nitrogen and oxygen atoms in total. The minimum Gasteiger partial charge on any atom is -0.466 e. The molecule has 3 rings (SSSR count). The molecule has 0 aliphatic heterocycles. The maximum absolute atomic E-state index is 13.3. The molecule has 1 aliphatic carbocycles. The minimum atomic E-state index is -5.94. The van der Waals surface area contributed by atoms with Gasteiger partial charge in [0.25, 0.3) is 5.60 Å². The molecule has 0 aromatic heterocycles. The predicted molar refractivity (Wildman–Crippen MR) is 118 cm³/mol. The lowest BCUT2D eigenvalue weighted by molar-refractivity contribution is -0.376. The van der Waals surface area contributed by atoms with Crippen molar-refractivity contribution in [3.05, 3.63) is 71.3 Å². The standard InChI is InChI=1S/C26H28F6O3/c1-3-35-22(33)18-8-7-11-21(23(2,16-18)19-9-5-4-6-10-19)17-12-14-20(15-13-17)24(34,25(27,28)29)26(30,31)32/h4-6,9-10,12-15,18,21,34H,3,7-8,11,16H2,1-2H3/t18?,21-,23+/m0/s1. The summed E-state index contributed by atoms with van der Waals surface area (Å²) in [5.74, 6) is -0.987. The zero-order chi connectivity index (χ0) is 26.1. The molecular formula is C26H28F6O3. The number of aliphatic hydroxyl groups is 1.